The molecule has 39 heavy (non-hydrogen) atoms. The third kappa shape index (κ3) is 7.80. The van der Waals surface area contributed by atoms with E-state index in [1.807, 2.05) is 12.1 Å². The van der Waals surface area contributed by atoms with Gasteiger partial charge in [-0.2, -0.15) is 0 Å². The summed E-state index contributed by atoms with van der Waals surface area (Å²) in [6.07, 6.45) is 1.75. The Bertz CT molecular complexity index is 1520. The molecule has 0 saturated heterocycles. The maximum absolute atomic E-state index is 13.4. The van der Waals surface area contributed by atoms with Crippen LogP contribution in [-0.4, -0.2) is 47.7 Å². The monoisotopic (exact) mass is 567 g/mol. The Morgan fingerprint density at radius 3 is 2.82 bits per heavy atom. The molecule has 2 heterocycles. The van der Waals surface area contributed by atoms with Crippen molar-refractivity contribution < 1.29 is 18.7 Å². The third-order valence-corrected chi connectivity index (χ3v) is 6.76. The average molecular weight is 568 g/mol. The van der Waals surface area contributed by atoms with E-state index >= 15 is 0 Å². The molecule has 1 atom stereocenters. The predicted octanol–water partition coefficient (Wildman–Crippen LogP) is 5.96. The quantitative estimate of drug-likeness (QED) is 0.240. The number of nitrogens with two attached hydrogens (primary N) is 1. The van der Waals surface area contributed by atoms with Crippen molar-refractivity contribution in [2.75, 3.05) is 26.0 Å². The summed E-state index contributed by atoms with van der Waals surface area (Å²) in [6.45, 7) is 0.433. The van der Waals surface area contributed by atoms with E-state index in [9.17, 15) is 9.18 Å². The highest BCUT2D eigenvalue weighted by molar-refractivity contribution is 7.19. The van der Waals surface area contributed by atoms with Crippen LogP contribution in [0.1, 0.15) is 23.3 Å². The van der Waals surface area contributed by atoms with Crippen LogP contribution in [0.2, 0.25) is 5.02 Å². The molecule has 0 fully saturated rings. The fraction of sp³-hybridized carbons (Fsp3) is 0.250. The van der Waals surface area contributed by atoms with Crippen LogP contribution < -0.4 is 15.8 Å². The van der Waals surface area contributed by atoms with E-state index in [-0.39, 0.29) is 25.1 Å². The largest absolute Gasteiger partial charge is 0.487 e. The number of nitrogens with one attached hydrogen (secondary N) is 1. The number of hydrogen-bond donors (Lipinski definition) is 2. The first-order valence-electron chi connectivity index (χ1n) is 12.1. The third-order valence-electron chi connectivity index (χ3n) is 5.51. The number of carbonyl (C=O) groups excluding carboxylic acids is 1. The molecule has 202 valence electrons. The van der Waals surface area contributed by atoms with E-state index in [4.69, 9.17) is 26.8 Å². The second kappa shape index (κ2) is 13.2. The number of ether oxygens (including phenoxy) is 2. The number of benzene rings is 2. The molecule has 0 aliphatic rings. The van der Waals surface area contributed by atoms with Gasteiger partial charge in [0.1, 0.15) is 41.3 Å². The topological polar surface area (TPSA) is 103 Å². The number of aromatic nitrogens is 2. The molecule has 0 bridgehead atoms. The molecule has 0 radical (unpaired) electrons. The summed E-state index contributed by atoms with van der Waals surface area (Å²) >= 11 is 7.89. The minimum atomic E-state index is -0.422. The Balaban J connectivity index is 1.39. The molecule has 1 unspecified atom stereocenters. The number of hydrogen-bond acceptors (Lipinski definition) is 8. The van der Waals surface area contributed by atoms with E-state index in [1.165, 1.54) is 34.7 Å². The maximum Gasteiger partial charge on any atom is 0.409 e. The van der Waals surface area contributed by atoms with Crippen LogP contribution in [0.5, 0.6) is 5.75 Å². The van der Waals surface area contributed by atoms with Gasteiger partial charge in [0, 0.05) is 32.7 Å². The van der Waals surface area contributed by atoms with Crippen LogP contribution in [0.3, 0.4) is 0 Å². The molecule has 4 aromatic rings. The fourth-order valence-corrected chi connectivity index (χ4v) is 4.60. The van der Waals surface area contributed by atoms with Crippen LogP contribution in [0.25, 0.3) is 10.2 Å². The molecule has 1 amide bonds. The molecule has 4 rings (SSSR count). The second-order valence-electron chi connectivity index (χ2n) is 8.72. The lowest BCUT2D eigenvalue weighted by Crippen LogP contribution is -2.32. The van der Waals surface area contributed by atoms with E-state index in [0.29, 0.717) is 35.0 Å². The van der Waals surface area contributed by atoms with E-state index in [0.717, 1.165) is 20.8 Å². The molecule has 3 N–H and O–H groups in total. The van der Waals surface area contributed by atoms with Crippen molar-refractivity contribution in [2.24, 2.45) is 5.73 Å². The van der Waals surface area contributed by atoms with Crippen molar-refractivity contribution >= 4 is 50.8 Å². The molecule has 0 aliphatic heterocycles. The van der Waals surface area contributed by atoms with E-state index < -0.39 is 6.09 Å². The molecular formula is C28H27ClFN5O3S. The normalized spacial score (nSPS) is 11.4. The average Bonchev–Trinajstić information content (AvgIpc) is 3.34. The lowest BCUT2D eigenvalue weighted by molar-refractivity contribution is 0.0749. The van der Waals surface area contributed by atoms with Crippen molar-refractivity contribution in [3.8, 4) is 17.6 Å². The van der Waals surface area contributed by atoms with Crippen molar-refractivity contribution in [2.45, 2.75) is 25.6 Å². The van der Waals surface area contributed by atoms with Gasteiger partial charge in [-0.15, -0.1) is 11.3 Å². The first-order valence-corrected chi connectivity index (χ1v) is 13.3. The number of fused-ring (bicyclic) bond motifs is 1. The Kier molecular flexibility index (Phi) is 9.54. The Labute approximate surface area is 234 Å². The summed E-state index contributed by atoms with van der Waals surface area (Å²) < 4.78 is 24.5. The van der Waals surface area contributed by atoms with Gasteiger partial charge in [0.05, 0.1) is 15.3 Å². The fourth-order valence-electron chi connectivity index (χ4n) is 3.49. The number of rotatable bonds is 9. The van der Waals surface area contributed by atoms with Crippen molar-refractivity contribution in [3.05, 3.63) is 76.1 Å². The first kappa shape index (κ1) is 28.1. The minimum absolute atomic E-state index is 0.198. The maximum atomic E-state index is 13.4. The first-order chi connectivity index (χ1) is 18.8. The molecule has 2 aromatic carbocycles. The predicted molar refractivity (Wildman–Crippen MR) is 152 cm³/mol. The van der Waals surface area contributed by atoms with Gasteiger partial charge < -0.3 is 25.4 Å². The summed E-state index contributed by atoms with van der Waals surface area (Å²) in [5.74, 6) is 7.06. The standard InChI is InChI=1S/C28H27ClFN5O3S/c1-35(2)28(36)38-21(15-31)8-3-4-9-22-14-23-26(32-17-33-27(23)39-22)34-20-10-11-25(24(29)13-20)37-16-18-6-5-7-19(30)12-18/h5-7,10-14,17,21H,3,8,15-16,31H2,1-2H3,(H,32,33,34). The van der Waals surface area contributed by atoms with Gasteiger partial charge in [-0.05, 0) is 48.4 Å². The Morgan fingerprint density at radius 1 is 1.23 bits per heavy atom. The zero-order chi connectivity index (χ0) is 27.8. The number of thiophene rings is 1. The lowest BCUT2D eigenvalue weighted by atomic mass is 10.2. The number of carbonyl (C=O) groups is 1. The van der Waals surface area contributed by atoms with Crippen molar-refractivity contribution in [1.29, 1.82) is 0 Å². The van der Waals surface area contributed by atoms with Gasteiger partial charge in [0.25, 0.3) is 0 Å². The SMILES string of the molecule is CN(C)C(=O)OC(CN)CCC#Cc1cc2c(Nc3ccc(OCc4cccc(F)c4)c(Cl)c3)ncnc2s1. The van der Waals surface area contributed by atoms with Crippen LogP contribution in [0.15, 0.2) is 54.9 Å². The number of amides is 1. The van der Waals surface area contributed by atoms with Gasteiger partial charge in [-0.25, -0.2) is 19.2 Å². The highest BCUT2D eigenvalue weighted by Gasteiger charge is 2.14. The molecule has 0 spiro atoms. The second-order valence-corrected chi connectivity index (χ2v) is 10.2. The smallest absolute Gasteiger partial charge is 0.409 e. The van der Waals surface area contributed by atoms with Crippen LogP contribution in [-0.2, 0) is 11.3 Å². The minimum Gasteiger partial charge on any atom is -0.487 e. The summed E-state index contributed by atoms with van der Waals surface area (Å²) in [5.41, 5.74) is 7.14. The van der Waals surface area contributed by atoms with Gasteiger partial charge in [0.2, 0.25) is 0 Å². The van der Waals surface area contributed by atoms with Gasteiger partial charge in [0.15, 0.2) is 0 Å². The highest BCUT2D eigenvalue weighted by Crippen LogP contribution is 2.33. The van der Waals surface area contributed by atoms with E-state index in [1.54, 1.807) is 38.4 Å². The van der Waals surface area contributed by atoms with Crippen molar-refractivity contribution in [3.63, 3.8) is 0 Å². The zero-order valence-electron chi connectivity index (χ0n) is 21.4. The summed E-state index contributed by atoms with van der Waals surface area (Å²) in [7, 11) is 3.25. The molecule has 0 saturated carbocycles. The van der Waals surface area contributed by atoms with Crippen molar-refractivity contribution in [1.82, 2.24) is 14.9 Å². The Morgan fingerprint density at radius 2 is 2.08 bits per heavy atom. The molecule has 11 heteroatoms. The summed E-state index contributed by atoms with van der Waals surface area (Å²) in [4.78, 5) is 23.5. The van der Waals surface area contributed by atoms with Gasteiger partial charge >= 0.3 is 6.09 Å². The molecule has 2 aromatic heterocycles. The van der Waals surface area contributed by atoms with Gasteiger partial charge in [-0.1, -0.05) is 35.6 Å². The highest BCUT2D eigenvalue weighted by atomic mass is 35.5. The zero-order valence-corrected chi connectivity index (χ0v) is 23.0. The molecule has 8 nitrogen and oxygen atoms in total. The van der Waals surface area contributed by atoms with Crippen LogP contribution in [0.4, 0.5) is 20.7 Å². The summed E-state index contributed by atoms with van der Waals surface area (Å²) in [5, 5.41) is 4.51. The number of anilines is 2. The molecular weight excluding hydrogens is 541 g/mol. The lowest BCUT2D eigenvalue weighted by Gasteiger charge is -2.18. The number of nitrogens with zero attached hydrogens (tertiary/aromatic N) is 3. The Hall–Kier alpha value is -3.91. The van der Waals surface area contributed by atoms with Crippen LogP contribution >= 0.6 is 22.9 Å². The van der Waals surface area contributed by atoms with E-state index in [2.05, 4.69) is 27.1 Å². The summed E-state index contributed by atoms with van der Waals surface area (Å²) in [6, 6.07) is 13.5. The van der Waals surface area contributed by atoms with Crippen LogP contribution in [0, 0.1) is 17.7 Å². The van der Waals surface area contributed by atoms with Gasteiger partial charge in [-0.3, -0.25) is 0 Å². The molecule has 0 aliphatic carbocycles. The number of halogens is 2.